The van der Waals surface area contributed by atoms with Gasteiger partial charge in [-0.2, -0.15) is 11.3 Å². The van der Waals surface area contributed by atoms with E-state index in [0.29, 0.717) is 40.3 Å². The molecule has 1 amide bonds. The highest BCUT2D eigenvalue weighted by molar-refractivity contribution is 7.08. The first kappa shape index (κ1) is 21.4. The molecule has 0 radical (unpaired) electrons. The molecule has 1 aliphatic rings. The van der Waals surface area contributed by atoms with Crippen LogP contribution in [0.1, 0.15) is 31.8 Å². The van der Waals surface area contributed by atoms with Gasteiger partial charge in [-0.15, -0.1) is 0 Å². The van der Waals surface area contributed by atoms with E-state index in [0.717, 1.165) is 16.7 Å². The first-order valence-corrected chi connectivity index (χ1v) is 11.3. The number of benzene rings is 3. The van der Waals surface area contributed by atoms with E-state index < -0.39 is 11.9 Å². The van der Waals surface area contributed by atoms with Gasteiger partial charge in [-0.1, -0.05) is 18.2 Å². The summed E-state index contributed by atoms with van der Waals surface area (Å²) >= 11 is 1.56. The van der Waals surface area contributed by atoms with Gasteiger partial charge in [0.25, 0.3) is 5.91 Å². The van der Waals surface area contributed by atoms with Gasteiger partial charge in [-0.05, 0) is 64.4 Å². The number of thiophene rings is 1. The lowest BCUT2D eigenvalue weighted by atomic mass is 9.90. The minimum Gasteiger partial charge on any atom is -0.488 e. The van der Waals surface area contributed by atoms with Crippen LogP contribution in [0.4, 0.5) is 5.69 Å². The van der Waals surface area contributed by atoms with E-state index in [1.165, 1.54) is 6.07 Å². The van der Waals surface area contributed by atoms with E-state index in [1.54, 1.807) is 65.9 Å². The average molecular weight is 470 g/mol. The van der Waals surface area contributed by atoms with Gasteiger partial charge >= 0.3 is 5.97 Å². The van der Waals surface area contributed by atoms with E-state index in [2.05, 4.69) is 5.32 Å². The molecule has 1 aromatic heterocycles. The second-order valence-electron chi connectivity index (χ2n) is 7.79. The van der Waals surface area contributed by atoms with Crippen molar-refractivity contribution < 1.29 is 19.4 Å². The normalized spacial score (nSPS) is 11.6. The first-order chi connectivity index (χ1) is 16.4. The molecule has 168 valence electrons. The van der Waals surface area contributed by atoms with Gasteiger partial charge < -0.3 is 20.9 Å². The molecule has 7 nitrogen and oxygen atoms in total. The molecule has 2 heterocycles. The van der Waals surface area contributed by atoms with Crippen molar-refractivity contribution in [3.05, 3.63) is 93.7 Å². The number of amidine groups is 1. The zero-order valence-corrected chi connectivity index (χ0v) is 18.6. The summed E-state index contributed by atoms with van der Waals surface area (Å²) in [5.41, 5.74) is 10.7. The summed E-state index contributed by atoms with van der Waals surface area (Å²) in [5.74, 6) is -0.938. The molecule has 0 bridgehead atoms. The Morgan fingerprint density at radius 2 is 1.71 bits per heavy atom. The lowest BCUT2D eigenvalue weighted by molar-refractivity contribution is 0.0697. The molecule has 4 aromatic rings. The maximum absolute atomic E-state index is 13.5. The zero-order chi connectivity index (χ0) is 23.8. The Hall–Kier alpha value is -4.43. The molecule has 0 atom stereocenters. The number of aromatic carboxylic acids is 1. The van der Waals surface area contributed by atoms with Crippen LogP contribution in [-0.4, -0.2) is 22.8 Å². The highest BCUT2D eigenvalue weighted by Crippen LogP contribution is 2.43. The van der Waals surface area contributed by atoms with E-state index in [9.17, 15) is 14.7 Å². The number of anilines is 1. The number of carbonyl (C=O) groups is 2. The molecular formula is C26H19N3O4S. The smallest absolute Gasteiger partial charge is 0.336 e. The van der Waals surface area contributed by atoms with Crippen molar-refractivity contribution in [3.63, 3.8) is 0 Å². The highest BCUT2D eigenvalue weighted by atomic mass is 32.1. The van der Waals surface area contributed by atoms with E-state index in [4.69, 9.17) is 15.9 Å². The molecule has 0 fully saturated rings. The number of carbonyl (C=O) groups excluding carboxylic acids is 1. The van der Waals surface area contributed by atoms with Crippen molar-refractivity contribution in [1.82, 2.24) is 0 Å². The molecule has 0 unspecified atom stereocenters. The summed E-state index contributed by atoms with van der Waals surface area (Å²) in [6.07, 6.45) is 0. The lowest BCUT2D eigenvalue weighted by Gasteiger charge is -2.22. The number of hydrogen-bond donors (Lipinski definition) is 4. The van der Waals surface area contributed by atoms with Gasteiger partial charge in [0.1, 0.15) is 18.2 Å². The zero-order valence-electron chi connectivity index (χ0n) is 17.8. The van der Waals surface area contributed by atoms with Gasteiger partial charge in [0.15, 0.2) is 0 Å². The average Bonchev–Trinajstić information content (AvgIpc) is 3.33. The summed E-state index contributed by atoms with van der Waals surface area (Å²) in [7, 11) is 0. The predicted molar refractivity (Wildman–Crippen MR) is 132 cm³/mol. The number of amides is 1. The van der Waals surface area contributed by atoms with E-state index in [-0.39, 0.29) is 11.4 Å². The second-order valence-corrected chi connectivity index (χ2v) is 8.53. The first-order valence-electron chi connectivity index (χ1n) is 10.4. The van der Waals surface area contributed by atoms with Gasteiger partial charge in [0, 0.05) is 33.5 Å². The van der Waals surface area contributed by atoms with Crippen LogP contribution in [-0.2, 0) is 6.61 Å². The monoisotopic (exact) mass is 469 g/mol. The maximum atomic E-state index is 13.5. The minimum absolute atomic E-state index is 0.0632. The third-order valence-corrected chi connectivity index (χ3v) is 6.47. The van der Waals surface area contributed by atoms with Crippen LogP contribution in [0.15, 0.2) is 71.4 Å². The number of nitrogens with two attached hydrogens (primary N) is 1. The van der Waals surface area contributed by atoms with Crippen molar-refractivity contribution in [2.75, 3.05) is 5.32 Å². The molecule has 34 heavy (non-hydrogen) atoms. The lowest BCUT2D eigenvalue weighted by Crippen LogP contribution is -2.16. The Morgan fingerprint density at radius 1 is 0.941 bits per heavy atom. The molecule has 0 aliphatic carbocycles. The molecule has 0 spiro atoms. The molecule has 5 N–H and O–H groups in total. The number of nitrogen functional groups attached to an aromatic ring is 1. The molecule has 5 rings (SSSR count). The maximum Gasteiger partial charge on any atom is 0.336 e. The standard InChI is InChI=1S/C26H19N3O4S/c27-24(28)14-5-7-16(8-6-14)29-25(30)21-9-20-22-13-34-12-15(22)11-33-23(20)10-19(21)17-3-1-2-4-18(17)26(31)32/h1-10,12-13H,11H2,(H3,27,28)(H,29,30)(H,31,32). The number of carboxylic acids is 1. The third kappa shape index (κ3) is 3.80. The number of ether oxygens (including phenoxy) is 1. The largest absolute Gasteiger partial charge is 0.488 e. The molecule has 1 aliphatic heterocycles. The summed E-state index contributed by atoms with van der Waals surface area (Å²) in [5, 5.41) is 24.2. The summed E-state index contributed by atoms with van der Waals surface area (Å²) < 4.78 is 5.95. The molecule has 8 heteroatoms. The molecule has 0 saturated carbocycles. The summed E-state index contributed by atoms with van der Waals surface area (Å²) in [4.78, 5) is 25.4. The Kier molecular flexibility index (Phi) is 5.35. The number of rotatable bonds is 5. The summed E-state index contributed by atoms with van der Waals surface area (Å²) in [6.45, 7) is 0.417. The van der Waals surface area contributed by atoms with Crippen LogP contribution >= 0.6 is 11.3 Å². The van der Waals surface area contributed by atoms with Crippen molar-refractivity contribution in [1.29, 1.82) is 5.41 Å². The Labute approximate surface area is 199 Å². The predicted octanol–water partition coefficient (Wildman–Crippen LogP) is 5.21. The third-order valence-electron chi connectivity index (χ3n) is 5.68. The molecule has 0 saturated heterocycles. The van der Waals surface area contributed by atoms with Gasteiger partial charge in [-0.3, -0.25) is 10.2 Å². The SMILES string of the molecule is N=C(N)c1ccc(NC(=O)c2cc3c(cc2-c2ccccc2C(=O)O)OCc2cscc2-3)cc1. The number of nitrogens with one attached hydrogen (secondary N) is 2. The fourth-order valence-electron chi connectivity index (χ4n) is 3.98. The van der Waals surface area contributed by atoms with Gasteiger partial charge in [0.05, 0.1) is 5.56 Å². The van der Waals surface area contributed by atoms with Crippen LogP contribution in [0.5, 0.6) is 5.75 Å². The van der Waals surface area contributed by atoms with Gasteiger partial charge in [-0.25, -0.2) is 4.79 Å². The highest BCUT2D eigenvalue weighted by Gasteiger charge is 2.25. The minimum atomic E-state index is -1.08. The summed E-state index contributed by atoms with van der Waals surface area (Å²) in [6, 6.07) is 16.7. The topological polar surface area (TPSA) is 126 Å². The van der Waals surface area contributed by atoms with Crippen molar-refractivity contribution in [2.45, 2.75) is 6.61 Å². The van der Waals surface area contributed by atoms with E-state index in [1.807, 2.05) is 10.8 Å². The van der Waals surface area contributed by atoms with Crippen LogP contribution in [0.3, 0.4) is 0 Å². The number of carboxylic acid groups (broad SMARTS) is 1. The number of fused-ring (bicyclic) bond motifs is 3. The Morgan fingerprint density at radius 3 is 2.44 bits per heavy atom. The quantitative estimate of drug-likeness (QED) is 0.236. The Bertz CT molecular complexity index is 1460. The van der Waals surface area contributed by atoms with Crippen LogP contribution in [0, 0.1) is 5.41 Å². The molecular weight excluding hydrogens is 450 g/mol. The second kappa shape index (κ2) is 8.49. The molecule has 3 aromatic carbocycles. The van der Waals surface area contributed by atoms with Crippen LogP contribution in [0.2, 0.25) is 0 Å². The fraction of sp³-hybridized carbons (Fsp3) is 0.0385. The number of hydrogen-bond acceptors (Lipinski definition) is 5. The van der Waals surface area contributed by atoms with Crippen molar-refractivity contribution >= 4 is 34.7 Å². The Balaban J connectivity index is 1.64. The van der Waals surface area contributed by atoms with Gasteiger partial charge in [0.2, 0.25) is 0 Å². The van der Waals surface area contributed by atoms with Crippen molar-refractivity contribution in [2.24, 2.45) is 5.73 Å². The van der Waals surface area contributed by atoms with Crippen LogP contribution in [0.25, 0.3) is 22.3 Å². The van der Waals surface area contributed by atoms with Crippen LogP contribution < -0.4 is 15.8 Å². The fourth-order valence-corrected chi connectivity index (χ4v) is 4.83. The van der Waals surface area contributed by atoms with Crippen molar-refractivity contribution in [3.8, 4) is 28.0 Å². The van der Waals surface area contributed by atoms with E-state index >= 15 is 0 Å².